The van der Waals surface area contributed by atoms with Gasteiger partial charge in [-0.25, -0.2) is 0 Å². The predicted octanol–water partition coefficient (Wildman–Crippen LogP) is 0.841. The van der Waals surface area contributed by atoms with Crippen LogP contribution < -0.4 is 0 Å². The molecule has 2 N–H and O–H groups in total. The Morgan fingerprint density at radius 3 is 1.17 bits per heavy atom. The van der Waals surface area contributed by atoms with E-state index in [-0.39, 0.29) is 5.48 Å². The summed E-state index contributed by atoms with van der Waals surface area (Å²) in [5, 5.41) is 0. The summed E-state index contributed by atoms with van der Waals surface area (Å²) >= 11 is 0. The van der Waals surface area contributed by atoms with Crippen LogP contribution in [-0.2, 0) is 0 Å². The van der Waals surface area contributed by atoms with Crippen molar-refractivity contribution in [1.82, 2.24) is 0 Å². The molecule has 0 radical (unpaired) electrons. The fraction of sp³-hybridized carbons (Fsp3) is 0.600. The van der Waals surface area contributed by atoms with E-state index in [1.165, 1.54) is 6.42 Å². The molecule has 1 nitrogen and oxygen atoms in total. The van der Waals surface area contributed by atoms with E-state index < -0.39 is 0 Å². The monoisotopic (exact) mass is 88.1 g/mol. The summed E-state index contributed by atoms with van der Waals surface area (Å²) in [6, 6.07) is 0. The SMILES string of the molecule is C#C.CCC.O. The Hall–Kier alpha value is -0.480. The highest BCUT2D eigenvalue weighted by Gasteiger charge is 1.35. The minimum absolute atomic E-state index is 0. The Balaban J connectivity index is -0.0000000275. The molecule has 0 bridgehead atoms. The van der Waals surface area contributed by atoms with Gasteiger partial charge >= 0.3 is 0 Å². The van der Waals surface area contributed by atoms with Gasteiger partial charge in [0.05, 0.1) is 0 Å². The normalized spacial score (nSPS) is 3.33. The molecular weight excluding hydrogens is 76.1 g/mol. The van der Waals surface area contributed by atoms with Crippen molar-refractivity contribution in [2.45, 2.75) is 20.3 Å². The van der Waals surface area contributed by atoms with Crippen LogP contribution in [0.25, 0.3) is 0 Å². The van der Waals surface area contributed by atoms with Gasteiger partial charge in [0.25, 0.3) is 0 Å². The van der Waals surface area contributed by atoms with Gasteiger partial charge in [0, 0.05) is 0 Å². The average Bonchev–Trinajstić information content (AvgIpc) is 1.46. The van der Waals surface area contributed by atoms with E-state index in [1.54, 1.807) is 0 Å². The average molecular weight is 88.1 g/mol. The van der Waals surface area contributed by atoms with Crippen LogP contribution >= 0.6 is 0 Å². The summed E-state index contributed by atoms with van der Waals surface area (Å²) < 4.78 is 0. The first-order valence-electron chi connectivity index (χ1n) is 1.75. The maximum absolute atomic E-state index is 4.00. The van der Waals surface area contributed by atoms with Gasteiger partial charge in [-0.05, 0) is 0 Å². The largest absolute Gasteiger partial charge is 0.412 e. The van der Waals surface area contributed by atoms with Crippen LogP contribution in [0.5, 0.6) is 0 Å². The third-order valence-corrected chi connectivity index (χ3v) is 0. The molecule has 0 atom stereocenters. The van der Waals surface area contributed by atoms with Crippen molar-refractivity contribution in [1.29, 1.82) is 0 Å². The van der Waals surface area contributed by atoms with Crippen LogP contribution in [0.1, 0.15) is 20.3 Å². The highest BCUT2D eigenvalue weighted by molar-refractivity contribution is 4.47. The highest BCUT2D eigenvalue weighted by Crippen LogP contribution is 1.56. The molecule has 0 rings (SSSR count). The lowest BCUT2D eigenvalue weighted by Gasteiger charge is -1.48. The van der Waals surface area contributed by atoms with Crippen molar-refractivity contribution >= 4 is 0 Å². The number of hydrogen-bond donors (Lipinski definition) is 0. The molecule has 38 valence electrons. The lowest BCUT2D eigenvalue weighted by molar-refractivity contribution is 0.824. The zero-order valence-electron chi connectivity index (χ0n) is 4.36. The molecule has 0 saturated heterocycles. The number of terminal acetylenes is 1. The van der Waals surface area contributed by atoms with Crippen LogP contribution in [0.4, 0.5) is 0 Å². The van der Waals surface area contributed by atoms with Gasteiger partial charge in [-0.2, -0.15) is 0 Å². The molecular formula is C5H12O. The van der Waals surface area contributed by atoms with E-state index in [0.717, 1.165) is 0 Å². The lowest BCUT2D eigenvalue weighted by Crippen LogP contribution is -1.27. The quantitative estimate of drug-likeness (QED) is 0.393. The second-order valence-electron chi connectivity index (χ2n) is 0.707. The summed E-state index contributed by atoms with van der Waals surface area (Å²) in [4.78, 5) is 0. The maximum Gasteiger partial charge on any atom is -0.0590 e. The second-order valence-corrected chi connectivity index (χ2v) is 0.707. The van der Waals surface area contributed by atoms with Crippen molar-refractivity contribution in [3.05, 3.63) is 0 Å². The van der Waals surface area contributed by atoms with E-state index in [9.17, 15) is 0 Å². The summed E-state index contributed by atoms with van der Waals surface area (Å²) in [7, 11) is 0. The van der Waals surface area contributed by atoms with Crippen LogP contribution in [0.15, 0.2) is 0 Å². The highest BCUT2D eigenvalue weighted by atomic mass is 16.0. The van der Waals surface area contributed by atoms with Crippen molar-refractivity contribution in [3.8, 4) is 12.8 Å². The molecule has 0 heterocycles. The van der Waals surface area contributed by atoms with Crippen LogP contribution in [-0.4, -0.2) is 5.48 Å². The predicted molar refractivity (Wildman–Crippen MR) is 29.5 cm³/mol. The van der Waals surface area contributed by atoms with E-state index >= 15 is 0 Å². The minimum Gasteiger partial charge on any atom is -0.412 e. The number of rotatable bonds is 0. The molecule has 6 heavy (non-hydrogen) atoms. The van der Waals surface area contributed by atoms with Crippen LogP contribution in [0.2, 0.25) is 0 Å². The summed E-state index contributed by atoms with van der Waals surface area (Å²) in [6.45, 7) is 4.25. The topological polar surface area (TPSA) is 31.5 Å². The first-order chi connectivity index (χ1) is 2.41. The number of hydrogen-bond acceptors (Lipinski definition) is 0. The fourth-order valence-corrected chi connectivity index (χ4v) is 0. The van der Waals surface area contributed by atoms with Gasteiger partial charge in [-0.15, -0.1) is 12.8 Å². The van der Waals surface area contributed by atoms with Gasteiger partial charge in [-0.3, -0.25) is 0 Å². The smallest absolute Gasteiger partial charge is 0.0590 e. The fourth-order valence-electron chi connectivity index (χ4n) is 0. The van der Waals surface area contributed by atoms with Gasteiger partial charge < -0.3 is 5.48 Å². The molecule has 0 aromatic rings. The van der Waals surface area contributed by atoms with Crippen molar-refractivity contribution in [2.75, 3.05) is 0 Å². The Morgan fingerprint density at radius 1 is 1.17 bits per heavy atom. The first kappa shape index (κ1) is 17.8. The van der Waals surface area contributed by atoms with Crippen molar-refractivity contribution < 1.29 is 5.48 Å². The first-order valence-corrected chi connectivity index (χ1v) is 1.75. The molecule has 0 amide bonds. The summed E-state index contributed by atoms with van der Waals surface area (Å²) in [5.41, 5.74) is 0. The Morgan fingerprint density at radius 2 is 1.17 bits per heavy atom. The molecule has 0 aliphatic rings. The molecule has 0 aromatic heterocycles. The summed E-state index contributed by atoms with van der Waals surface area (Å²) in [6.07, 6.45) is 9.25. The molecule has 0 spiro atoms. The van der Waals surface area contributed by atoms with Crippen molar-refractivity contribution in [2.24, 2.45) is 0 Å². The summed E-state index contributed by atoms with van der Waals surface area (Å²) in [5.74, 6) is 0. The Kier molecular flexibility index (Phi) is 613. The van der Waals surface area contributed by atoms with Crippen LogP contribution in [0.3, 0.4) is 0 Å². The molecule has 1 heteroatoms. The van der Waals surface area contributed by atoms with Gasteiger partial charge in [0.15, 0.2) is 0 Å². The molecule has 0 fully saturated rings. The van der Waals surface area contributed by atoms with Crippen LogP contribution in [0, 0.1) is 12.8 Å². The second kappa shape index (κ2) is 207. The minimum atomic E-state index is 0. The van der Waals surface area contributed by atoms with Gasteiger partial charge in [-0.1, -0.05) is 20.3 Å². The molecule has 0 unspecified atom stereocenters. The van der Waals surface area contributed by atoms with E-state index in [1.807, 2.05) is 0 Å². The third kappa shape index (κ3) is 97.0. The molecule has 0 aromatic carbocycles. The molecule has 0 aliphatic carbocycles. The van der Waals surface area contributed by atoms with E-state index in [0.29, 0.717) is 0 Å². The standard InChI is InChI=1S/C3H8.C2H2.H2O/c1-3-2;1-2;/h3H2,1-2H3;1-2H;1H2. The zero-order valence-corrected chi connectivity index (χ0v) is 4.36. The third-order valence-electron chi connectivity index (χ3n) is 0. The lowest BCUT2D eigenvalue weighted by atomic mass is 10.6. The Bertz CT molecular complexity index is 15.1. The molecule has 0 aliphatic heterocycles. The van der Waals surface area contributed by atoms with Gasteiger partial charge in [0.2, 0.25) is 0 Å². The van der Waals surface area contributed by atoms with E-state index in [2.05, 4.69) is 26.7 Å². The van der Waals surface area contributed by atoms with E-state index in [4.69, 9.17) is 0 Å². The van der Waals surface area contributed by atoms with Crippen molar-refractivity contribution in [3.63, 3.8) is 0 Å². The molecule has 0 saturated carbocycles. The zero-order chi connectivity index (χ0) is 4.71. The maximum atomic E-state index is 4.00. The Labute approximate surface area is 39.7 Å². The van der Waals surface area contributed by atoms with Gasteiger partial charge in [0.1, 0.15) is 0 Å².